The number of halogens is 1. The lowest BCUT2D eigenvalue weighted by molar-refractivity contribution is -0.133. The van der Waals surface area contributed by atoms with Gasteiger partial charge in [-0.25, -0.2) is 9.37 Å². The molecule has 1 amide bonds. The molecule has 0 bridgehead atoms. The Morgan fingerprint density at radius 2 is 1.77 bits per heavy atom. The number of benzene rings is 2. The first-order valence-corrected chi connectivity index (χ1v) is 12.5. The average Bonchev–Trinajstić information content (AvgIpc) is 3.65. The maximum atomic E-state index is 13.4. The molecule has 2 heterocycles. The molecule has 0 radical (unpaired) electrons. The summed E-state index contributed by atoms with van der Waals surface area (Å²) in [6.45, 7) is 7.14. The molecule has 1 aliphatic carbocycles. The molecule has 2 aromatic carbocycles. The molecule has 5 rings (SSSR count). The molecule has 0 spiro atoms. The van der Waals surface area contributed by atoms with E-state index in [1.165, 1.54) is 17.7 Å². The van der Waals surface area contributed by atoms with E-state index in [9.17, 15) is 14.0 Å². The normalized spacial score (nSPS) is 17.2. The van der Waals surface area contributed by atoms with E-state index in [0.29, 0.717) is 30.3 Å². The Morgan fingerprint density at radius 1 is 1.09 bits per heavy atom. The van der Waals surface area contributed by atoms with Crippen LogP contribution in [0, 0.1) is 11.7 Å². The monoisotopic (exact) mass is 473 g/mol. The SMILES string of the molecule is CC(C)Cc1ccc([C@@H](C)C(=O)N2CCc3nc(C4(c5ccc(F)cc5)CC4)[nH]c(=O)c3C2)cc1. The maximum absolute atomic E-state index is 13.4. The van der Waals surface area contributed by atoms with Gasteiger partial charge in [0.25, 0.3) is 5.56 Å². The third-order valence-corrected chi connectivity index (χ3v) is 7.47. The summed E-state index contributed by atoms with van der Waals surface area (Å²) >= 11 is 0. The fourth-order valence-corrected chi connectivity index (χ4v) is 5.23. The number of nitrogens with one attached hydrogen (secondary N) is 1. The third-order valence-electron chi connectivity index (χ3n) is 7.47. The number of aromatic amines is 1. The fraction of sp³-hybridized carbons (Fsp3) is 0.414. The first-order chi connectivity index (χ1) is 16.8. The van der Waals surface area contributed by atoms with Crippen LogP contribution in [0.2, 0.25) is 0 Å². The lowest BCUT2D eigenvalue weighted by Gasteiger charge is -2.30. The van der Waals surface area contributed by atoms with Crippen LogP contribution in [0.5, 0.6) is 0 Å². The van der Waals surface area contributed by atoms with Crippen LogP contribution in [0.4, 0.5) is 4.39 Å². The predicted molar refractivity (Wildman–Crippen MR) is 134 cm³/mol. The minimum Gasteiger partial charge on any atom is -0.337 e. The zero-order valence-electron chi connectivity index (χ0n) is 20.6. The Bertz CT molecular complexity index is 1290. The Balaban J connectivity index is 1.33. The number of rotatable bonds is 6. The van der Waals surface area contributed by atoms with Crippen LogP contribution >= 0.6 is 0 Å². The van der Waals surface area contributed by atoms with Crippen molar-refractivity contribution in [2.75, 3.05) is 6.54 Å². The molecule has 0 unspecified atom stereocenters. The van der Waals surface area contributed by atoms with Crippen LogP contribution in [0.3, 0.4) is 0 Å². The Labute approximate surface area is 205 Å². The molecule has 1 saturated carbocycles. The highest BCUT2D eigenvalue weighted by molar-refractivity contribution is 5.83. The molecule has 0 saturated heterocycles. The number of fused-ring (bicyclic) bond motifs is 1. The van der Waals surface area contributed by atoms with E-state index in [-0.39, 0.29) is 35.2 Å². The molecule has 1 N–H and O–H groups in total. The zero-order valence-corrected chi connectivity index (χ0v) is 20.6. The summed E-state index contributed by atoms with van der Waals surface area (Å²) < 4.78 is 13.4. The summed E-state index contributed by atoms with van der Waals surface area (Å²) in [5, 5.41) is 0. The van der Waals surface area contributed by atoms with E-state index in [1.54, 1.807) is 17.0 Å². The second kappa shape index (κ2) is 9.06. The van der Waals surface area contributed by atoms with Crippen molar-refractivity contribution in [3.05, 3.63) is 98.5 Å². The highest BCUT2D eigenvalue weighted by atomic mass is 19.1. The van der Waals surface area contributed by atoms with Gasteiger partial charge in [-0.15, -0.1) is 0 Å². The molecule has 2 aliphatic rings. The molecular weight excluding hydrogens is 441 g/mol. The van der Waals surface area contributed by atoms with Crippen LogP contribution in [-0.2, 0) is 29.6 Å². The van der Waals surface area contributed by atoms with Crippen molar-refractivity contribution in [3.8, 4) is 0 Å². The first-order valence-electron chi connectivity index (χ1n) is 12.5. The number of H-pyrrole nitrogens is 1. The van der Waals surface area contributed by atoms with Crippen LogP contribution in [0.1, 0.15) is 73.3 Å². The summed E-state index contributed by atoms with van der Waals surface area (Å²) in [5.41, 5.74) is 4.06. The molecule has 3 aromatic rings. The van der Waals surface area contributed by atoms with Crippen LogP contribution < -0.4 is 5.56 Å². The number of hydrogen-bond acceptors (Lipinski definition) is 3. The van der Waals surface area contributed by atoms with Gasteiger partial charge < -0.3 is 9.88 Å². The van der Waals surface area contributed by atoms with Crippen molar-refractivity contribution >= 4 is 5.91 Å². The standard InChI is InChI=1S/C29H32FN3O2/c1-18(2)16-20-4-6-21(7-5-20)19(3)27(35)33-15-12-25-24(17-33)26(34)32-28(31-25)29(13-14-29)22-8-10-23(30)11-9-22/h4-11,18-19H,12-17H2,1-3H3,(H,31,32,34)/t19-/m1/s1. The summed E-state index contributed by atoms with van der Waals surface area (Å²) in [7, 11) is 0. The highest BCUT2D eigenvalue weighted by Crippen LogP contribution is 2.52. The van der Waals surface area contributed by atoms with Crippen LogP contribution in [0.25, 0.3) is 0 Å². The molecule has 1 aliphatic heterocycles. The van der Waals surface area contributed by atoms with Crippen molar-refractivity contribution < 1.29 is 9.18 Å². The fourth-order valence-electron chi connectivity index (χ4n) is 5.23. The lowest BCUT2D eigenvalue weighted by atomic mass is 9.93. The maximum Gasteiger partial charge on any atom is 0.256 e. The second-order valence-corrected chi connectivity index (χ2v) is 10.5. The van der Waals surface area contributed by atoms with Gasteiger partial charge in [0.15, 0.2) is 0 Å². The molecule has 35 heavy (non-hydrogen) atoms. The quantitative estimate of drug-likeness (QED) is 0.555. The largest absolute Gasteiger partial charge is 0.337 e. The smallest absolute Gasteiger partial charge is 0.256 e. The van der Waals surface area contributed by atoms with E-state index < -0.39 is 0 Å². The van der Waals surface area contributed by atoms with Crippen molar-refractivity contribution in [1.82, 2.24) is 14.9 Å². The van der Waals surface area contributed by atoms with Gasteiger partial charge in [0.05, 0.1) is 29.1 Å². The number of amides is 1. The van der Waals surface area contributed by atoms with Gasteiger partial charge in [-0.3, -0.25) is 9.59 Å². The predicted octanol–water partition coefficient (Wildman–Crippen LogP) is 4.88. The number of carbonyl (C=O) groups excluding carboxylic acids is 1. The van der Waals surface area contributed by atoms with Crippen molar-refractivity contribution in [2.45, 2.75) is 64.3 Å². The van der Waals surface area contributed by atoms with Gasteiger partial charge >= 0.3 is 0 Å². The number of carbonyl (C=O) groups is 1. The molecule has 182 valence electrons. The van der Waals surface area contributed by atoms with Gasteiger partial charge in [0.1, 0.15) is 11.6 Å². The molecule has 1 atom stereocenters. The second-order valence-electron chi connectivity index (χ2n) is 10.5. The van der Waals surface area contributed by atoms with Crippen molar-refractivity contribution in [3.63, 3.8) is 0 Å². The van der Waals surface area contributed by atoms with Gasteiger partial charge in [-0.05, 0) is 60.9 Å². The number of aromatic nitrogens is 2. The molecular formula is C29H32FN3O2. The minimum absolute atomic E-state index is 0.0284. The zero-order chi connectivity index (χ0) is 24.7. The summed E-state index contributed by atoms with van der Waals surface area (Å²) in [6.07, 6.45) is 3.32. The van der Waals surface area contributed by atoms with Crippen molar-refractivity contribution in [2.24, 2.45) is 5.92 Å². The summed E-state index contributed by atoms with van der Waals surface area (Å²) in [4.78, 5) is 36.0. The topological polar surface area (TPSA) is 66.1 Å². The van der Waals surface area contributed by atoms with E-state index in [1.807, 2.05) is 19.1 Å². The van der Waals surface area contributed by atoms with Crippen LogP contribution in [-0.4, -0.2) is 27.3 Å². The number of hydrogen-bond donors (Lipinski definition) is 1. The minimum atomic E-state index is -0.342. The Hall–Kier alpha value is -3.28. The lowest BCUT2D eigenvalue weighted by Crippen LogP contribution is -2.42. The third kappa shape index (κ3) is 4.54. The summed E-state index contributed by atoms with van der Waals surface area (Å²) in [5.74, 6) is 0.723. The van der Waals surface area contributed by atoms with E-state index in [0.717, 1.165) is 36.1 Å². The molecule has 1 fully saturated rings. The average molecular weight is 474 g/mol. The van der Waals surface area contributed by atoms with Crippen LogP contribution in [0.15, 0.2) is 53.3 Å². The van der Waals surface area contributed by atoms with Gasteiger partial charge in [-0.1, -0.05) is 50.2 Å². The van der Waals surface area contributed by atoms with E-state index in [4.69, 9.17) is 4.98 Å². The Morgan fingerprint density at radius 3 is 2.40 bits per heavy atom. The highest BCUT2D eigenvalue weighted by Gasteiger charge is 2.48. The summed E-state index contributed by atoms with van der Waals surface area (Å²) in [6, 6.07) is 14.8. The van der Waals surface area contributed by atoms with Gasteiger partial charge in [-0.2, -0.15) is 0 Å². The molecule has 5 nitrogen and oxygen atoms in total. The first kappa shape index (κ1) is 23.5. The van der Waals surface area contributed by atoms with Gasteiger partial charge in [0, 0.05) is 13.0 Å². The molecule has 6 heteroatoms. The Kier molecular flexibility index (Phi) is 6.07. The van der Waals surface area contributed by atoms with Gasteiger partial charge in [0.2, 0.25) is 5.91 Å². The number of nitrogens with zero attached hydrogens (tertiary/aromatic N) is 2. The molecule has 1 aromatic heterocycles. The van der Waals surface area contributed by atoms with E-state index >= 15 is 0 Å². The van der Waals surface area contributed by atoms with E-state index in [2.05, 4.69) is 31.0 Å². The van der Waals surface area contributed by atoms with Crippen molar-refractivity contribution in [1.29, 1.82) is 0 Å².